The Balaban J connectivity index is 3.03. The van der Waals surface area contributed by atoms with E-state index >= 15 is 0 Å². The Hall–Kier alpha value is -1.26. The summed E-state index contributed by atoms with van der Waals surface area (Å²) in [6, 6.07) is 5.41. The first-order valence-electron chi connectivity index (χ1n) is 5.98. The minimum atomic E-state index is 0.0518. The largest absolute Gasteiger partial charge is 0.507 e. The fraction of sp³-hybridized carbons (Fsp3) is 0.538. The van der Waals surface area contributed by atoms with Crippen molar-refractivity contribution in [3.8, 4) is 11.5 Å². The van der Waals surface area contributed by atoms with Gasteiger partial charge in [-0.1, -0.05) is 19.9 Å². The third kappa shape index (κ3) is 3.11. The van der Waals surface area contributed by atoms with Gasteiger partial charge >= 0.3 is 0 Å². The number of phenols is 1. The SMILES string of the molecule is CCN(CC)C(CN)c1ccc(OC)cc1O. The molecule has 0 aliphatic heterocycles. The molecule has 0 amide bonds. The van der Waals surface area contributed by atoms with E-state index in [1.807, 2.05) is 12.1 Å². The molecule has 0 bridgehead atoms. The summed E-state index contributed by atoms with van der Waals surface area (Å²) >= 11 is 0. The molecule has 1 aromatic carbocycles. The van der Waals surface area contributed by atoms with Gasteiger partial charge in [-0.15, -0.1) is 0 Å². The second-order valence-electron chi connectivity index (χ2n) is 3.90. The number of likely N-dealkylation sites (N-methyl/N-ethyl adjacent to an activating group) is 1. The summed E-state index contributed by atoms with van der Waals surface area (Å²) in [4.78, 5) is 2.22. The van der Waals surface area contributed by atoms with Crippen LogP contribution < -0.4 is 10.5 Å². The number of hydrogen-bond donors (Lipinski definition) is 2. The molecule has 0 spiro atoms. The van der Waals surface area contributed by atoms with Crippen LogP contribution in [-0.2, 0) is 0 Å². The zero-order chi connectivity index (χ0) is 12.8. The Kier molecular flexibility index (Phi) is 5.25. The summed E-state index contributed by atoms with van der Waals surface area (Å²) in [6.07, 6.45) is 0. The molecule has 0 heterocycles. The van der Waals surface area contributed by atoms with Gasteiger partial charge in [-0.3, -0.25) is 4.90 Å². The van der Waals surface area contributed by atoms with Gasteiger partial charge in [0.1, 0.15) is 11.5 Å². The molecule has 0 fully saturated rings. The predicted octanol–water partition coefficient (Wildman–Crippen LogP) is 1.74. The van der Waals surface area contributed by atoms with Gasteiger partial charge in [0.15, 0.2) is 0 Å². The molecule has 0 aliphatic rings. The smallest absolute Gasteiger partial charge is 0.124 e. The highest BCUT2D eigenvalue weighted by Crippen LogP contribution is 2.31. The molecule has 1 atom stereocenters. The van der Waals surface area contributed by atoms with Crippen molar-refractivity contribution in [2.45, 2.75) is 19.9 Å². The average molecular weight is 238 g/mol. The Morgan fingerprint density at radius 2 is 2.00 bits per heavy atom. The number of rotatable bonds is 6. The molecule has 17 heavy (non-hydrogen) atoms. The summed E-state index contributed by atoms with van der Waals surface area (Å²) in [5.74, 6) is 0.897. The van der Waals surface area contributed by atoms with Gasteiger partial charge in [-0.25, -0.2) is 0 Å². The van der Waals surface area contributed by atoms with E-state index in [2.05, 4.69) is 18.7 Å². The topological polar surface area (TPSA) is 58.7 Å². The predicted molar refractivity (Wildman–Crippen MR) is 69.4 cm³/mol. The Bertz CT molecular complexity index is 351. The van der Waals surface area contributed by atoms with E-state index in [1.54, 1.807) is 13.2 Å². The quantitative estimate of drug-likeness (QED) is 0.792. The van der Waals surface area contributed by atoms with Crippen LogP contribution in [0.15, 0.2) is 18.2 Å². The number of phenolic OH excluding ortho intramolecular Hbond substituents is 1. The molecule has 0 aromatic heterocycles. The van der Waals surface area contributed by atoms with Crippen molar-refractivity contribution in [3.63, 3.8) is 0 Å². The molecular formula is C13H22N2O2. The average Bonchev–Trinajstić information content (AvgIpc) is 2.36. The number of benzene rings is 1. The molecule has 0 radical (unpaired) electrons. The highest BCUT2D eigenvalue weighted by molar-refractivity contribution is 5.41. The molecule has 0 aliphatic carbocycles. The molecule has 0 saturated heterocycles. The van der Waals surface area contributed by atoms with Gasteiger partial charge in [-0.05, 0) is 19.2 Å². The number of nitrogens with two attached hydrogens (primary N) is 1. The molecule has 4 heteroatoms. The normalized spacial score (nSPS) is 12.8. The maximum Gasteiger partial charge on any atom is 0.124 e. The van der Waals surface area contributed by atoms with Gasteiger partial charge in [0.05, 0.1) is 13.2 Å². The fourth-order valence-electron chi connectivity index (χ4n) is 2.07. The maximum absolute atomic E-state index is 10.0. The zero-order valence-corrected chi connectivity index (χ0v) is 10.8. The fourth-order valence-corrected chi connectivity index (χ4v) is 2.07. The highest BCUT2D eigenvalue weighted by atomic mass is 16.5. The third-order valence-electron chi connectivity index (χ3n) is 3.07. The first-order valence-corrected chi connectivity index (χ1v) is 5.98. The van der Waals surface area contributed by atoms with Crippen molar-refractivity contribution in [1.29, 1.82) is 0 Å². The van der Waals surface area contributed by atoms with Crippen molar-refractivity contribution >= 4 is 0 Å². The summed E-state index contributed by atoms with van der Waals surface area (Å²) < 4.78 is 5.07. The summed E-state index contributed by atoms with van der Waals surface area (Å²) in [5.41, 5.74) is 6.67. The van der Waals surface area contributed by atoms with E-state index in [-0.39, 0.29) is 11.8 Å². The van der Waals surface area contributed by atoms with E-state index in [0.29, 0.717) is 12.3 Å². The van der Waals surface area contributed by atoms with E-state index in [4.69, 9.17) is 10.5 Å². The lowest BCUT2D eigenvalue weighted by Crippen LogP contribution is -2.33. The molecular weight excluding hydrogens is 216 g/mol. The van der Waals surface area contributed by atoms with Crippen molar-refractivity contribution in [3.05, 3.63) is 23.8 Å². The number of aromatic hydroxyl groups is 1. The van der Waals surface area contributed by atoms with Crippen LogP contribution in [0, 0.1) is 0 Å². The molecule has 3 N–H and O–H groups in total. The molecule has 4 nitrogen and oxygen atoms in total. The lowest BCUT2D eigenvalue weighted by Gasteiger charge is -2.29. The van der Waals surface area contributed by atoms with Gasteiger partial charge in [-0.2, -0.15) is 0 Å². The number of ether oxygens (including phenoxy) is 1. The number of hydrogen-bond acceptors (Lipinski definition) is 4. The van der Waals surface area contributed by atoms with Crippen LogP contribution in [-0.4, -0.2) is 36.8 Å². The molecule has 1 rings (SSSR count). The number of methoxy groups -OCH3 is 1. The molecule has 0 saturated carbocycles. The minimum absolute atomic E-state index is 0.0518. The zero-order valence-electron chi connectivity index (χ0n) is 10.8. The summed E-state index contributed by atoms with van der Waals surface area (Å²) in [7, 11) is 1.58. The van der Waals surface area contributed by atoms with Gasteiger partial charge in [0.25, 0.3) is 0 Å². The Morgan fingerprint density at radius 3 is 2.41 bits per heavy atom. The maximum atomic E-state index is 10.0. The first kappa shape index (κ1) is 13.8. The second kappa shape index (κ2) is 6.47. The lowest BCUT2D eigenvalue weighted by atomic mass is 10.0. The Labute approximate surface area is 103 Å². The van der Waals surface area contributed by atoms with Crippen LogP contribution >= 0.6 is 0 Å². The van der Waals surface area contributed by atoms with Crippen LogP contribution in [0.4, 0.5) is 0 Å². The third-order valence-corrected chi connectivity index (χ3v) is 3.07. The van der Waals surface area contributed by atoms with Crippen LogP contribution in [0.1, 0.15) is 25.5 Å². The van der Waals surface area contributed by atoms with Crippen molar-refractivity contribution in [2.75, 3.05) is 26.7 Å². The van der Waals surface area contributed by atoms with E-state index in [0.717, 1.165) is 18.7 Å². The van der Waals surface area contributed by atoms with E-state index in [9.17, 15) is 5.11 Å². The van der Waals surface area contributed by atoms with Crippen LogP contribution in [0.25, 0.3) is 0 Å². The summed E-state index contributed by atoms with van der Waals surface area (Å²) in [6.45, 7) is 6.48. The van der Waals surface area contributed by atoms with E-state index in [1.165, 1.54) is 0 Å². The lowest BCUT2D eigenvalue weighted by molar-refractivity contribution is 0.220. The number of nitrogens with zero attached hydrogens (tertiary/aromatic N) is 1. The van der Waals surface area contributed by atoms with Crippen molar-refractivity contribution in [1.82, 2.24) is 4.90 Å². The first-order chi connectivity index (χ1) is 8.17. The van der Waals surface area contributed by atoms with Crippen molar-refractivity contribution < 1.29 is 9.84 Å². The monoisotopic (exact) mass is 238 g/mol. The van der Waals surface area contributed by atoms with E-state index < -0.39 is 0 Å². The standard InChI is InChI=1S/C13H22N2O2/c1-4-15(5-2)12(9-14)11-7-6-10(17-3)8-13(11)16/h6-8,12,16H,4-5,9,14H2,1-3H3. The van der Waals surface area contributed by atoms with Crippen LogP contribution in [0.5, 0.6) is 11.5 Å². The van der Waals surface area contributed by atoms with Crippen molar-refractivity contribution in [2.24, 2.45) is 5.73 Å². The molecule has 1 unspecified atom stereocenters. The molecule has 1 aromatic rings. The van der Waals surface area contributed by atoms with Gasteiger partial charge in [0.2, 0.25) is 0 Å². The molecule has 96 valence electrons. The second-order valence-corrected chi connectivity index (χ2v) is 3.90. The van der Waals surface area contributed by atoms with Gasteiger partial charge in [0, 0.05) is 18.2 Å². The minimum Gasteiger partial charge on any atom is -0.507 e. The van der Waals surface area contributed by atoms with Crippen LogP contribution in [0.3, 0.4) is 0 Å². The Morgan fingerprint density at radius 1 is 1.35 bits per heavy atom. The summed E-state index contributed by atoms with van der Waals surface area (Å²) in [5, 5.41) is 10.0. The highest BCUT2D eigenvalue weighted by Gasteiger charge is 2.19. The van der Waals surface area contributed by atoms with Crippen LogP contribution in [0.2, 0.25) is 0 Å². The van der Waals surface area contributed by atoms with Gasteiger partial charge < -0.3 is 15.6 Å².